The van der Waals surface area contributed by atoms with Crippen molar-refractivity contribution >= 4 is 11.9 Å². The fourth-order valence-corrected chi connectivity index (χ4v) is 2.94. The van der Waals surface area contributed by atoms with Crippen molar-refractivity contribution in [3.05, 3.63) is 35.1 Å². The smallest absolute Gasteiger partial charge is 0.317 e. The fraction of sp³-hybridized carbons (Fsp3) is 0.556. The summed E-state index contributed by atoms with van der Waals surface area (Å²) in [5, 5.41) is 5.49. The Kier molecular flexibility index (Phi) is 6.58. The van der Waals surface area contributed by atoms with E-state index in [4.69, 9.17) is 0 Å². The van der Waals surface area contributed by atoms with Gasteiger partial charge in [0.05, 0.1) is 0 Å². The molecule has 0 aliphatic heterocycles. The average Bonchev–Trinajstić information content (AvgIpc) is 2.60. The summed E-state index contributed by atoms with van der Waals surface area (Å²) < 4.78 is 13.5. The van der Waals surface area contributed by atoms with E-state index in [0.29, 0.717) is 24.7 Å². The zero-order valence-corrected chi connectivity index (χ0v) is 14.4. The highest BCUT2D eigenvalue weighted by molar-refractivity contribution is 5.94. The van der Waals surface area contributed by atoms with Crippen LogP contribution < -0.4 is 10.6 Å². The van der Waals surface area contributed by atoms with Gasteiger partial charge in [0.25, 0.3) is 5.91 Å². The molecular weight excluding hydrogens is 309 g/mol. The lowest BCUT2D eigenvalue weighted by Gasteiger charge is -2.31. The van der Waals surface area contributed by atoms with Crippen LogP contribution in [-0.4, -0.2) is 43.0 Å². The topological polar surface area (TPSA) is 61.4 Å². The molecule has 1 aromatic rings. The van der Waals surface area contributed by atoms with Crippen molar-refractivity contribution in [1.82, 2.24) is 15.5 Å². The van der Waals surface area contributed by atoms with Gasteiger partial charge in [-0.2, -0.15) is 0 Å². The second-order valence-electron chi connectivity index (χ2n) is 6.35. The van der Waals surface area contributed by atoms with Gasteiger partial charge in [-0.25, -0.2) is 9.18 Å². The number of amides is 3. The van der Waals surface area contributed by atoms with Gasteiger partial charge in [-0.15, -0.1) is 0 Å². The van der Waals surface area contributed by atoms with E-state index in [-0.39, 0.29) is 17.5 Å². The summed E-state index contributed by atoms with van der Waals surface area (Å²) >= 11 is 0. The molecule has 6 heteroatoms. The van der Waals surface area contributed by atoms with Crippen LogP contribution >= 0.6 is 0 Å². The van der Waals surface area contributed by atoms with Gasteiger partial charge in [-0.3, -0.25) is 4.79 Å². The van der Waals surface area contributed by atoms with Crippen LogP contribution in [0.2, 0.25) is 0 Å². The summed E-state index contributed by atoms with van der Waals surface area (Å²) in [6.07, 6.45) is 5.70. The second-order valence-corrected chi connectivity index (χ2v) is 6.35. The molecule has 0 spiro atoms. The molecule has 0 aromatic heterocycles. The number of carbonyl (C=O) groups excluding carboxylic acids is 2. The maximum atomic E-state index is 13.5. The lowest BCUT2D eigenvalue weighted by atomic mass is 9.95. The Hall–Kier alpha value is -2.11. The Morgan fingerprint density at radius 2 is 1.83 bits per heavy atom. The van der Waals surface area contributed by atoms with Gasteiger partial charge in [-0.05, 0) is 37.5 Å². The standard InChI is InChI=1S/C18H26FN3O2/c1-13-8-9-14(12-16(13)19)17(23)20-10-11-21-18(24)22(2)15-6-4-3-5-7-15/h8-9,12,15H,3-7,10-11H2,1-2H3,(H,20,23)(H,21,24). The molecule has 0 radical (unpaired) electrons. The lowest BCUT2D eigenvalue weighted by Crippen LogP contribution is -2.46. The number of nitrogens with one attached hydrogen (secondary N) is 2. The van der Waals surface area contributed by atoms with Crippen molar-refractivity contribution in [3.63, 3.8) is 0 Å². The molecule has 5 nitrogen and oxygen atoms in total. The molecule has 0 atom stereocenters. The van der Waals surface area contributed by atoms with Crippen LogP contribution in [0.15, 0.2) is 18.2 Å². The minimum Gasteiger partial charge on any atom is -0.350 e. The number of urea groups is 1. The Morgan fingerprint density at radius 3 is 2.50 bits per heavy atom. The number of hydrogen-bond acceptors (Lipinski definition) is 2. The first-order valence-electron chi connectivity index (χ1n) is 8.54. The average molecular weight is 335 g/mol. The number of hydrogen-bond donors (Lipinski definition) is 2. The highest BCUT2D eigenvalue weighted by Crippen LogP contribution is 2.21. The van der Waals surface area contributed by atoms with E-state index >= 15 is 0 Å². The number of benzene rings is 1. The van der Waals surface area contributed by atoms with Crippen LogP contribution in [0.1, 0.15) is 48.0 Å². The molecule has 0 bridgehead atoms. The molecule has 1 saturated carbocycles. The largest absolute Gasteiger partial charge is 0.350 e. The Labute approximate surface area is 142 Å². The molecule has 1 aromatic carbocycles. The van der Waals surface area contributed by atoms with E-state index in [2.05, 4.69) is 10.6 Å². The van der Waals surface area contributed by atoms with Crippen LogP contribution in [0.4, 0.5) is 9.18 Å². The number of nitrogens with zero attached hydrogens (tertiary/aromatic N) is 1. The third-order valence-electron chi connectivity index (χ3n) is 4.56. The van der Waals surface area contributed by atoms with E-state index in [9.17, 15) is 14.0 Å². The molecule has 0 heterocycles. The van der Waals surface area contributed by atoms with Gasteiger partial charge in [0.15, 0.2) is 0 Å². The summed E-state index contributed by atoms with van der Waals surface area (Å²) in [5.74, 6) is -0.742. The van der Waals surface area contributed by atoms with Gasteiger partial charge < -0.3 is 15.5 Å². The van der Waals surface area contributed by atoms with E-state index in [1.165, 1.54) is 25.3 Å². The SMILES string of the molecule is Cc1ccc(C(=O)NCCNC(=O)N(C)C2CCCCC2)cc1F. The summed E-state index contributed by atoms with van der Waals surface area (Å²) in [5.41, 5.74) is 0.785. The molecule has 1 aliphatic carbocycles. The molecule has 24 heavy (non-hydrogen) atoms. The van der Waals surface area contributed by atoms with Crippen molar-refractivity contribution in [2.45, 2.75) is 45.1 Å². The summed E-state index contributed by atoms with van der Waals surface area (Å²) in [6.45, 7) is 2.30. The second kappa shape index (κ2) is 8.66. The van der Waals surface area contributed by atoms with Crippen LogP contribution in [0, 0.1) is 12.7 Å². The third kappa shape index (κ3) is 4.94. The number of aryl methyl sites for hydroxylation is 1. The van der Waals surface area contributed by atoms with Crippen LogP contribution in [-0.2, 0) is 0 Å². The number of halogens is 1. The Balaban J connectivity index is 1.70. The molecule has 1 fully saturated rings. The lowest BCUT2D eigenvalue weighted by molar-refractivity contribution is 0.0952. The van der Waals surface area contributed by atoms with Crippen LogP contribution in [0.25, 0.3) is 0 Å². The van der Waals surface area contributed by atoms with E-state index in [1.807, 2.05) is 7.05 Å². The Morgan fingerprint density at radius 1 is 1.17 bits per heavy atom. The molecule has 0 unspecified atom stereocenters. The quantitative estimate of drug-likeness (QED) is 0.813. The molecule has 132 valence electrons. The van der Waals surface area contributed by atoms with Gasteiger partial charge in [0.1, 0.15) is 5.82 Å². The highest BCUT2D eigenvalue weighted by Gasteiger charge is 2.21. The van der Waals surface area contributed by atoms with E-state index in [1.54, 1.807) is 24.0 Å². The van der Waals surface area contributed by atoms with Gasteiger partial charge >= 0.3 is 6.03 Å². The molecule has 0 saturated heterocycles. The van der Waals surface area contributed by atoms with Gasteiger partial charge in [0, 0.05) is 31.7 Å². The fourth-order valence-electron chi connectivity index (χ4n) is 2.94. The van der Waals surface area contributed by atoms with Gasteiger partial charge in [0.2, 0.25) is 0 Å². The normalized spacial score (nSPS) is 15.0. The zero-order chi connectivity index (χ0) is 17.5. The van der Waals surface area contributed by atoms with Crippen molar-refractivity contribution in [2.75, 3.05) is 20.1 Å². The Bertz CT molecular complexity index is 586. The first kappa shape index (κ1) is 18.2. The summed E-state index contributed by atoms with van der Waals surface area (Å²) in [6, 6.07) is 4.58. The van der Waals surface area contributed by atoms with E-state index < -0.39 is 5.82 Å². The van der Waals surface area contributed by atoms with Crippen molar-refractivity contribution in [2.24, 2.45) is 0 Å². The summed E-state index contributed by atoms with van der Waals surface area (Å²) in [7, 11) is 1.82. The number of rotatable bonds is 5. The number of carbonyl (C=O) groups is 2. The molecule has 2 rings (SSSR count). The summed E-state index contributed by atoms with van der Waals surface area (Å²) in [4.78, 5) is 25.8. The first-order valence-corrected chi connectivity index (χ1v) is 8.54. The molecule has 3 amide bonds. The maximum Gasteiger partial charge on any atom is 0.317 e. The van der Waals surface area contributed by atoms with Crippen LogP contribution in [0.5, 0.6) is 0 Å². The monoisotopic (exact) mass is 335 g/mol. The maximum absolute atomic E-state index is 13.5. The van der Waals surface area contributed by atoms with Crippen LogP contribution in [0.3, 0.4) is 0 Å². The van der Waals surface area contributed by atoms with Crippen molar-refractivity contribution in [1.29, 1.82) is 0 Å². The van der Waals surface area contributed by atoms with Gasteiger partial charge in [-0.1, -0.05) is 25.3 Å². The molecule has 2 N–H and O–H groups in total. The zero-order valence-electron chi connectivity index (χ0n) is 14.4. The highest BCUT2D eigenvalue weighted by atomic mass is 19.1. The molecule has 1 aliphatic rings. The predicted octanol–water partition coefficient (Wildman–Crippen LogP) is 2.84. The first-order chi connectivity index (χ1) is 11.5. The van der Waals surface area contributed by atoms with Crippen molar-refractivity contribution in [3.8, 4) is 0 Å². The minimum absolute atomic E-state index is 0.113. The van der Waals surface area contributed by atoms with E-state index in [0.717, 1.165) is 12.8 Å². The van der Waals surface area contributed by atoms with Crippen molar-refractivity contribution < 1.29 is 14.0 Å². The third-order valence-corrected chi connectivity index (χ3v) is 4.56. The predicted molar refractivity (Wildman–Crippen MR) is 91.5 cm³/mol. The molecular formula is C18H26FN3O2. The minimum atomic E-state index is -0.398.